The molecule has 1 atom stereocenters. The van der Waals surface area contributed by atoms with Crippen LogP contribution < -0.4 is 9.64 Å². The molecule has 2 aliphatic heterocycles. The van der Waals surface area contributed by atoms with Crippen LogP contribution >= 0.6 is 0 Å². The van der Waals surface area contributed by atoms with Gasteiger partial charge in [0, 0.05) is 44.1 Å². The normalized spacial score (nSPS) is 20.6. The van der Waals surface area contributed by atoms with Crippen LogP contribution in [0.15, 0.2) is 48.7 Å². The number of rotatable bonds is 2. The Labute approximate surface area is 157 Å². The summed E-state index contributed by atoms with van der Waals surface area (Å²) in [6.45, 7) is 4.08. The molecule has 0 spiro atoms. The van der Waals surface area contributed by atoms with Crippen LogP contribution in [0.2, 0.25) is 0 Å². The Balaban J connectivity index is 1.41. The van der Waals surface area contributed by atoms with E-state index in [4.69, 9.17) is 4.74 Å². The van der Waals surface area contributed by atoms with E-state index in [1.54, 1.807) is 4.52 Å². The van der Waals surface area contributed by atoms with Crippen molar-refractivity contribution in [3.8, 4) is 5.75 Å². The van der Waals surface area contributed by atoms with Crippen LogP contribution in [-0.2, 0) is 11.2 Å². The van der Waals surface area contributed by atoms with Crippen LogP contribution in [0.1, 0.15) is 17.2 Å². The van der Waals surface area contributed by atoms with Crippen LogP contribution in [0.25, 0.3) is 5.52 Å². The Morgan fingerprint density at radius 3 is 2.74 bits per heavy atom. The van der Waals surface area contributed by atoms with Crippen molar-refractivity contribution >= 4 is 17.2 Å². The van der Waals surface area contributed by atoms with Crippen molar-refractivity contribution in [3.05, 3.63) is 59.9 Å². The number of aromatic nitrogens is 2. The third-order valence-electron chi connectivity index (χ3n) is 5.58. The number of esters is 1. The third kappa shape index (κ3) is 2.96. The highest BCUT2D eigenvalue weighted by Gasteiger charge is 2.32. The first-order valence-corrected chi connectivity index (χ1v) is 9.40. The first kappa shape index (κ1) is 16.3. The number of carbonyl (C=O) groups excluding carboxylic acids is 1. The summed E-state index contributed by atoms with van der Waals surface area (Å²) in [4.78, 5) is 17.4. The van der Waals surface area contributed by atoms with Crippen LogP contribution in [-0.4, -0.2) is 53.7 Å². The second kappa shape index (κ2) is 6.39. The van der Waals surface area contributed by atoms with Gasteiger partial charge in [-0.15, -0.1) is 0 Å². The second-order valence-corrected chi connectivity index (χ2v) is 7.40. The maximum atomic E-state index is 12.7. The van der Waals surface area contributed by atoms with Gasteiger partial charge in [-0.1, -0.05) is 12.1 Å². The van der Waals surface area contributed by atoms with Crippen LogP contribution in [0, 0.1) is 0 Å². The lowest BCUT2D eigenvalue weighted by atomic mass is 9.93. The van der Waals surface area contributed by atoms with Gasteiger partial charge in [0.25, 0.3) is 0 Å². The smallest absolute Gasteiger partial charge is 0.320 e. The van der Waals surface area contributed by atoms with Crippen LogP contribution in [0.3, 0.4) is 0 Å². The summed E-state index contributed by atoms with van der Waals surface area (Å²) in [6, 6.07) is 14.1. The maximum Gasteiger partial charge on any atom is 0.320 e. The number of benzene rings is 1. The number of hydrogen-bond donors (Lipinski definition) is 0. The predicted molar refractivity (Wildman–Crippen MR) is 103 cm³/mol. The van der Waals surface area contributed by atoms with E-state index in [0.717, 1.165) is 48.6 Å². The standard InChI is InChI=1S/C21H22N4O2/c1-23-8-10-24(11-9-23)16-6-5-15-12-18(21(26)27-20(15)14-16)19-13-17-4-2-3-7-25(17)22-19/h2-7,13-14,18H,8-12H2,1H3. The van der Waals surface area contributed by atoms with Gasteiger partial charge in [-0.05, 0) is 43.3 Å². The summed E-state index contributed by atoms with van der Waals surface area (Å²) in [7, 11) is 2.14. The van der Waals surface area contributed by atoms with Crippen LogP contribution in [0.4, 0.5) is 5.69 Å². The van der Waals surface area contributed by atoms with Crippen molar-refractivity contribution in [1.82, 2.24) is 14.5 Å². The highest BCUT2D eigenvalue weighted by atomic mass is 16.5. The van der Waals surface area contributed by atoms with Gasteiger partial charge in [0.2, 0.25) is 0 Å². The SMILES string of the molecule is CN1CCN(c2ccc3c(c2)OC(=O)C(c2cc4ccccn4n2)C3)CC1. The lowest BCUT2D eigenvalue weighted by molar-refractivity contribution is -0.137. The number of ether oxygens (including phenoxy) is 1. The number of likely N-dealkylation sites (N-methyl/N-ethyl adjacent to an activating group) is 1. The minimum absolute atomic E-state index is 0.221. The minimum atomic E-state index is -0.355. The van der Waals surface area contributed by atoms with E-state index in [-0.39, 0.29) is 11.9 Å². The van der Waals surface area contributed by atoms with E-state index < -0.39 is 0 Å². The summed E-state index contributed by atoms with van der Waals surface area (Å²) in [5.74, 6) is 0.116. The Hall–Kier alpha value is -2.86. The minimum Gasteiger partial charge on any atom is -0.426 e. The summed E-state index contributed by atoms with van der Waals surface area (Å²) >= 11 is 0. The highest BCUT2D eigenvalue weighted by Crippen LogP contribution is 2.36. The van der Waals surface area contributed by atoms with Crippen molar-refractivity contribution in [3.63, 3.8) is 0 Å². The molecule has 0 bridgehead atoms. The van der Waals surface area contributed by atoms with Crippen molar-refractivity contribution < 1.29 is 9.53 Å². The van der Waals surface area contributed by atoms with Gasteiger partial charge >= 0.3 is 5.97 Å². The highest BCUT2D eigenvalue weighted by molar-refractivity contribution is 5.83. The van der Waals surface area contributed by atoms with E-state index in [0.29, 0.717) is 12.2 Å². The number of carbonyl (C=O) groups is 1. The number of piperazine rings is 1. The summed E-state index contributed by atoms with van der Waals surface area (Å²) in [5.41, 5.74) is 3.94. The van der Waals surface area contributed by atoms with E-state index in [1.165, 1.54) is 0 Å². The zero-order valence-corrected chi connectivity index (χ0v) is 15.3. The molecule has 0 saturated carbocycles. The molecule has 3 aromatic rings. The monoisotopic (exact) mass is 362 g/mol. The van der Waals surface area contributed by atoms with Crippen molar-refractivity contribution in [2.24, 2.45) is 0 Å². The molecule has 0 radical (unpaired) electrons. The number of pyridine rings is 1. The number of hydrogen-bond acceptors (Lipinski definition) is 5. The summed E-state index contributed by atoms with van der Waals surface area (Å²) < 4.78 is 7.52. The summed E-state index contributed by atoms with van der Waals surface area (Å²) in [6.07, 6.45) is 2.52. The molecule has 0 N–H and O–H groups in total. The molecule has 1 saturated heterocycles. The van der Waals surface area contributed by atoms with Gasteiger partial charge in [0.1, 0.15) is 11.7 Å². The first-order chi connectivity index (χ1) is 13.2. The second-order valence-electron chi connectivity index (χ2n) is 7.40. The van der Waals surface area contributed by atoms with Crippen molar-refractivity contribution in [1.29, 1.82) is 0 Å². The molecular formula is C21H22N4O2. The number of anilines is 1. The fourth-order valence-corrected chi connectivity index (χ4v) is 3.90. The van der Waals surface area contributed by atoms with Crippen LogP contribution in [0.5, 0.6) is 5.75 Å². The lowest BCUT2D eigenvalue weighted by Crippen LogP contribution is -2.44. The molecule has 1 aromatic carbocycles. The molecule has 2 aromatic heterocycles. The molecule has 1 fully saturated rings. The molecule has 6 heteroatoms. The first-order valence-electron chi connectivity index (χ1n) is 9.40. The zero-order chi connectivity index (χ0) is 18.4. The van der Waals surface area contributed by atoms with Gasteiger partial charge in [-0.2, -0.15) is 5.10 Å². The van der Waals surface area contributed by atoms with Gasteiger partial charge in [0.05, 0.1) is 11.2 Å². The lowest BCUT2D eigenvalue weighted by Gasteiger charge is -2.34. The van der Waals surface area contributed by atoms with E-state index in [9.17, 15) is 4.79 Å². The molecule has 0 amide bonds. The Bertz CT molecular complexity index is 971. The number of nitrogens with zero attached hydrogens (tertiary/aromatic N) is 4. The van der Waals surface area contributed by atoms with Gasteiger partial charge in [0.15, 0.2) is 0 Å². The predicted octanol–water partition coefficient (Wildman–Crippen LogP) is 2.33. The van der Waals surface area contributed by atoms with E-state index in [2.05, 4.69) is 34.1 Å². The van der Waals surface area contributed by atoms with Crippen molar-refractivity contribution in [2.45, 2.75) is 12.3 Å². The van der Waals surface area contributed by atoms with Gasteiger partial charge in [-0.25, -0.2) is 4.52 Å². The van der Waals surface area contributed by atoms with E-state index >= 15 is 0 Å². The van der Waals surface area contributed by atoms with Crippen molar-refractivity contribution in [2.75, 3.05) is 38.1 Å². The molecule has 2 aliphatic rings. The molecule has 0 aliphatic carbocycles. The fourth-order valence-electron chi connectivity index (χ4n) is 3.90. The topological polar surface area (TPSA) is 50.1 Å². The molecule has 5 rings (SSSR count). The zero-order valence-electron chi connectivity index (χ0n) is 15.3. The van der Waals surface area contributed by atoms with E-state index in [1.807, 2.05) is 36.5 Å². The molecule has 138 valence electrons. The molecule has 1 unspecified atom stereocenters. The van der Waals surface area contributed by atoms with Gasteiger partial charge in [-0.3, -0.25) is 4.79 Å². The number of fused-ring (bicyclic) bond motifs is 2. The Morgan fingerprint density at radius 1 is 1.07 bits per heavy atom. The third-order valence-corrected chi connectivity index (χ3v) is 5.58. The quantitative estimate of drug-likeness (QED) is 0.517. The molecular weight excluding hydrogens is 340 g/mol. The molecule has 4 heterocycles. The van der Waals surface area contributed by atoms with Gasteiger partial charge < -0.3 is 14.5 Å². The molecule has 6 nitrogen and oxygen atoms in total. The fraction of sp³-hybridized carbons (Fsp3) is 0.333. The largest absolute Gasteiger partial charge is 0.426 e. The molecule has 27 heavy (non-hydrogen) atoms. The Kier molecular flexibility index (Phi) is 3.86. The Morgan fingerprint density at radius 2 is 1.93 bits per heavy atom. The average molecular weight is 362 g/mol. The maximum absolute atomic E-state index is 12.7. The summed E-state index contributed by atoms with van der Waals surface area (Å²) in [5, 5.41) is 4.56. The average Bonchev–Trinajstić information content (AvgIpc) is 3.11.